The third-order valence-corrected chi connectivity index (χ3v) is 5.02. The molecule has 2 aromatic carbocycles. The van der Waals surface area contributed by atoms with E-state index in [1.807, 2.05) is 0 Å². The predicted octanol–water partition coefficient (Wildman–Crippen LogP) is 3.35. The van der Waals surface area contributed by atoms with Crippen molar-refractivity contribution >= 4 is 17.4 Å². The zero-order valence-corrected chi connectivity index (χ0v) is 15.7. The Bertz CT molecular complexity index is 1110. The highest BCUT2D eigenvalue weighted by atomic mass is 19.1. The van der Waals surface area contributed by atoms with Crippen molar-refractivity contribution in [2.24, 2.45) is 0 Å². The first-order chi connectivity index (χ1) is 14.5. The summed E-state index contributed by atoms with van der Waals surface area (Å²) in [5.41, 5.74) is 1.33. The van der Waals surface area contributed by atoms with Gasteiger partial charge in [-0.3, -0.25) is 9.59 Å². The Labute approximate surface area is 170 Å². The van der Waals surface area contributed by atoms with Crippen molar-refractivity contribution in [3.8, 4) is 0 Å². The third kappa shape index (κ3) is 3.59. The fourth-order valence-corrected chi connectivity index (χ4v) is 3.53. The van der Waals surface area contributed by atoms with Crippen LogP contribution >= 0.6 is 0 Å². The summed E-state index contributed by atoms with van der Waals surface area (Å²) in [5, 5.41) is 10.8. The largest absolute Gasteiger partial charge is 0.507 e. The fourth-order valence-electron chi connectivity index (χ4n) is 3.53. The normalized spacial score (nSPS) is 18.2. The second-order valence-electron chi connectivity index (χ2n) is 6.88. The van der Waals surface area contributed by atoms with Gasteiger partial charge in [0.2, 0.25) is 0 Å². The Kier molecular flexibility index (Phi) is 5.14. The van der Waals surface area contributed by atoms with Gasteiger partial charge in [-0.15, -0.1) is 0 Å². The van der Waals surface area contributed by atoms with E-state index < -0.39 is 35.1 Å². The molecule has 4 rings (SSSR count). The molecule has 1 aromatic heterocycles. The van der Waals surface area contributed by atoms with Crippen LogP contribution in [0.1, 0.15) is 22.9 Å². The van der Waals surface area contributed by atoms with E-state index >= 15 is 0 Å². The molecule has 0 spiro atoms. The fraction of sp³-hybridized carbons (Fsp3) is 0.136. The zero-order chi connectivity index (χ0) is 21.3. The van der Waals surface area contributed by atoms with Crippen LogP contribution in [0.2, 0.25) is 0 Å². The molecule has 0 aliphatic carbocycles. The van der Waals surface area contributed by atoms with Gasteiger partial charge in [0, 0.05) is 30.4 Å². The molecular formula is C22H17F2N3O3. The molecule has 1 saturated heterocycles. The van der Waals surface area contributed by atoms with E-state index in [4.69, 9.17) is 0 Å². The lowest BCUT2D eigenvalue weighted by Gasteiger charge is -2.25. The second-order valence-corrected chi connectivity index (χ2v) is 6.88. The molecule has 0 radical (unpaired) electrons. The number of halogens is 2. The Morgan fingerprint density at radius 3 is 2.27 bits per heavy atom. The molecule has 2 N–H and O–H groups in total. The van der Waals surface area contributed by atoms with E-state index in [1.165, 1.54) is 47.6 Å². The number of aliphatic hydroxyl groups excluding tert-OH is 1. The first-order valence-electron chi connectivity index (χ1n) is 9.23. The molecule has 1 aliphatic heterocycles. The molecule has 6 nitrogen and oxygen atoms in total. The molecule has 0 bridgehead atoms. The van der Waals surface area contributed by atoms with E-state index in [9.17, 15) is 23.5 Å². The number of nitrogens with one attached hydrogen (secondary N) is 1. The molecule has 1 unspecified atom stereocenters. The van der Waals surface area contributed by atoms with E-state index in [0.29, 0.717) is 12.0 Å². The lowest BCUT2D eigenvalue weighted by molar-refractivity contribution is -0.139. The molecule has 1 aliphatic rings. The number of Topliss-reactive ketones (excluding diaryl/α,β-unsaturated/α-hetero) is 1. The third-order valence-electron chi connectivity index (χ3n) is 5.02. The number of H-pyrrole nitrogens is 1. The summed E-state index contributed by atoms with van der Waals surface area (Å²) in [6, 6.07) is 9.42. The van der Waals surface area contributed by atoms with Gasteiger partial charge < -0.3 is 15.0 Å². The van der Waals surface area contributed by atoms with E-state index in [2.05, 4.69) is 9.97 Å². The molecular weight excluding hydrogens is 392 g/mol. The number of carbonyl (C=O) groups excluding carboxylic acids is 2. The van der Waals surface area contributed by atoms with Crippen LogP contribution in [0.15, 0.2) is 66.6 Å². The molecule has 2 heterocycles. The minimum Gasteiger partial charge on any atom is -0.507 e. The van der Waals surface area contributed by atoms with Gasteiger partial charge in [0.15, 0.2) is 0 Å². The highest BCUT2D eigenvalue weighted by Gasteiger charge is 2.45. The number of aliphatic hydroxyl groups is 1. The topological polar surface area (TPSA) is 86.3 Å². The minimum atomic E-state index is -0.904. The summed E-state index contributed by atoms with van der Waals surface area (Å²) in [4.78, 5) is 33.8. The quantitative estimate of drug-likeness (QED) is 0.384. The van der Waals surface area contributed by atoms with Crippen molar-refractivity contribution in [3.63, 3.8) is 0 Å². The monoisotopic (exact) mass is 409 g/mol. The smallest absolute Gasteiger partial charge is 0.295 e. The van der Waals surface area contributed by atoms with Crippen molar-refractivity contribution in [3.05, 3.63) is 95.1 Å². The molecule has 3 aromatic rings. The van der Waals surface area contributed by atoms with E-state index in [1.54, 1.807) is 6.20 Å². The summed E-state index contributed by atoms with van der Waals surface area (Å²) in [6.45, 7) is 0.176. The van der Waals surface area contributed by atoms with Crippen molar-refractivity contribution in [2.75, 3.05) is 6.54 Å². The van der Waals surface area contributed by atoms with Crippen LogP contribution in [0.5, 0.6) is 0 Å². The maximum Gasteiger partial charge on any atom is 0.295 e. The average Bonchev–Trinajstić information content (AvgIpc) is 3.34. The highest BCUT2D eigenvalue weighted by molar-refractivity contribution is 6.46. The number of hydrogen-bond acceptors (Lipinski definition) is 4. The number of aromatic amines is 1. The van der Waals surface area contributed by atoms with Gasteiger partial charge in [-0.1, -0.05) is 12.1 Å². The number of amides is 1. The molecule has 30 heavy (non-hydrogen) atoms. The second kappa shape index (κ2) is 7.90. The van der Waals surface area contributed by atoms with E-state index in [0.717, 1.165) is 17.8 Å². The van der Waals surface area contributed by atoms with Crippen LogP contribution in [0.25, 0.3) is 5.76 Å². The number of aromatic nitrogens is 2. The van der Waals surface area contributed by atoms with Crippen LogP contribution < -0.4 is 0 Å². The summed E-state index contributed by atoms with van der Waals surface area (Å²) >= 11 is 0. The lowest BCUT2D eigenvalue weighted by atomic mass is 9.95. The maximum atomic E-state index is 13.5. The number of likely N-dealkylation sites (tertiary alicyclic amines) is 1. The molecule has 1 atom stereocenters. The average molecular weight is 409 g/mol. The number of hydrogen-bond donors (Lipinski definition) is 2. The van der Waals surface area contributed by atoms with Gasteiger partial charge in [-0.2, -0.15) is 0 Å². The molecule has 1 fully saturated rings. The number of benzene rings is 2. The number of rotatable bonds is 5. The number of ketones is 1. The summed E-state index contributed by atoms with van der Waals surface area (Å²) in [7, 11) is 0. The van der Waals surface area contributed by atoms with Gasteiger partial charge in [0.25, 0.3) is 11.7 Å². The van der Waals surface area contributed by atoms with Crippen LogP contribution in [-0.2, 0) is 16.0 Å². The highest BCUT2D eigenvalue weighted by Crippen LogP contribution is 2.39. The SMILES string of the molecule is O=C1C(=O)N(CCc2cnc[nH]2)C(c2ccc(F)cc2)/C1=C(\O)c1ccc(F)cc1. The lowest BCUT2D eigenvalue weighted by Crippen LogP contribution is -2.31. The first-order valence-corrected chi connectivity index (χ1v) is 9.23. The van der Waals surface area contributed by atoms with Crippen LogP contribution in [0, 0.1) is 11.6 Å². The Balaban J connectivity index is 1.79. The van der Waals surface area contributed by atoms with Gasteiger partial charge >= 0.3 is 0 Å². The maximum absolute atomic E-state index is 13.5. The standard InChI is InChI=1S/C22H17F2N3O3/c23-15-5-1-13(2-6-15)19-18(20(28)14-3-7-16(24)8-4-14)21(29)22(30)27(19)10-9-17-11-25-12-26-17/h1-8,11-12,19,28H,9-10H2,(H,25,26)/b20-18+. The number of nitrogens with zero attached hydrogens (tertiary/aromatic N) is 2. The molecule has 152 valence electrons. The van der Waals surface area contributed by atoms with Gasteiger partial charge in [0.1, 0.15) is 17.4 Å². The van der Waals surface area contributed by atoms with Crippen LogP contribution in [0.4, 0.5) is 8.78 Å². The first kappa shape index (κ1) is 19.5. The zero-order valence-electron chi connectivity index (χ0n) is 15.7. The predicted molar refractivity (Wildman–Crippen MR) is 104 cm³/mol. The van der Waals surface area contributed by atoms with Gasteiger partial charge in [0.05, 0.1) is 17.9 Å². The molecule has 1 amide bonds. The Morgan fingerprint density at radius 2 is 1.67 bits per heavy atom. The van der Waals surface area contributed by atoms with Gasteiger partial charge in [-0.05, 0) is 42.0 Å². The van der Waals surface area contributed by atoms with E-state index in [-0.39, 0.29) is 17.7 Å². The van der Waals surface area contributed by atoms with Gasteiger partial charge in [-0.25, -0.2) is 13.8 Å². The van der Waals surface area contributed by atoms with Crippen molar-refractivity contribution < 1.29 is 23.5 Å². The summed E-state index contributed by atoms with van der Waals surface area (Å²) < 4.78 is 26.7. The number of imidazole rings is 1. The van der Waals surface area contributed by atoms with Crippen LogP contribution in [-0.4, -0.2) is 38.2 Å². The molecule has 8 heteroatoms. The van der Waals surface area contributed by atoms with Crippen molar-refractivity contribution in [1.82, 2.24) is 14.9 Å². The Morgan fingerprint density at radius 1 is 1.03 bits per heavy atom. The molecule has 0 saturated carbocycles. The summed E-state index contributed by atoms with van der Waals surface area (Å²) in [5.74, 6) is -3.00. The van der Waals surface area contributed by atoms with Crippen LogP contribution in [0.3, 0.4) is 0 Å². The van der Waals surface area contributed by atoms with Crippen molar-refractivity contribution in [2.45, 2.75) is 12.5 Å². The van der Waals surface area contributed by atoms with Crippen molar-refractivity contribution in [1.29, 1.82) is 0 Å². The minimum absolute atomic E-state index is 0.122. The Hall–Kier alpha value is -3.81. The number of carbonyl (C=O) groups is 2. The summed E-state index contributed by atoms with van der Waals surface area (Å²) in [6.07, 6.45) is 3.53.